The maximum Gasteiger partial charge on any atom is 0.0717 e. The molecule has 170 valence electrons. The summed E-state index contributed by atoms with van der Waals surface area (Å²) in [5.74, 6) is 0. The lowest BCUT2D eigenvalue weighted by Gasteiger charge is -2.06. The van der Waals surface area contributed by atoms with Gasteiger partial charge in [0, 0.05) is 35.4 Å². The first-order valence-electron chi connectivity index (χ1n) is 12.7. The van der Waals surface area contributed by atoms with Crippen molar-refractivity contribution >= 4 is 0 Å². The van der Waals surface area contributed by atoms with E-state index in [-0.39, 0.29) is 0 Å². The van der Waals surface area contributed by atoms with E-state index in [1.54, 1.807) is 0 Å². The zero-order valence-corrected chi connectivity index (χ0v) is 20.0. The Morgan fingerprint density at radius 1 is 0.500 bits per heavy atom. The lowest BCUT2D eigenvalue weighted by molar-refractivity contribution is 0.607. The Balaban J connectivity index is 1.50. The zero-order valence-electron chi connectivity index (χ0n) is 20.0. The van der Waals surface area contributed by atoms with Crippen LogP contribution in [-0.4, -0.2) is 15.0 Å². The largest absolute Gasteiger partial charge is 0.261 e. The van der Waals surface area contributed by atoms with Crippen LogP contribution < -0.4 is 0 Å². The maximum atomic E-state index is 4.68. The van der Waals surface area contributed by atoms with Crippen LogP contribution >= 0.6 is 0 Å². The van der Waals surface area contributed by atoms with Gasteiger partial charge in [0.1, 0.15) is 0 Å². The van der Waals surface area contributed by atoms with Gasteiger partial charge in [0.05, 0.1) is 11.4 Å². The Kier molecular flexibility index (Phi) is 10.4. The van der Waals surface area contributed by atoms with Crippen molar-refractivity contribution in [2.75, 3.05) is 0 Å². The molecule has 0 unspecified atom stereocenters. The summed E-state index contributed by atoms with van der Waals surface area (Å²) in [4.78, 5) is 14.0. The molecule has 0 N–H and O–H groups in total. The summed E-state index contributed by atoms with van der Waals surface area (Å²) in [5, 5.41) is 0. The summed E-state index contributed by atoms with van der Waals surface area (Å²) < 4.78 is 0. The van der Waals surface area contributed by atoms with E-state index in [0.29, 0.717) is 0 Å². The first-order valence-corrected chi connectivity index (χ1v) is 12.7. The molecule has 3 aromatic heterocycles. The minimum atomic E-state index is 0.957. The van der Waals surface area contributed by atoms with Gasteiger partial charge in [-0.3, -0.25) is 15.0 Å². The normalized spacial score (nSPS) is 11.1. The van der Waals surface area contributed by atoms with Gasteiger partial charge in [-0.2, -0.15) is 0 Å². The van der Waals surface area contributed by atoms with Gasteiger partial charge >= 0.3 is 0 Å². The first-order chi connectivity index (χ1) is 15.8. The number of aryl methyl sites for hydroxylation is 2. The number of aromatic nitrogens is 3. The highest BCUT2D eigenvalue weighted by atomic mass is 14.7. The average Bonchev–Trinajstić information content (AvgIpc) is 2.85. The first kappa shape index (κ1) is 24.1. The molecule has 0 spiro atoms. The van der Waals surface area contributed by atoms with Gasteiger partial charge < -0.3 is 0 Å². The van der Waals surface area contributed by atoms with Crippen molar-refractivity contribution in [2.24, 2.45) is 0 Å². The van der Waals surface area contributed by atoms with Crippen LogP contribution in [0.2, 0.25) is 0 Å². The molecule has 3 rings (SSSR count). The molecule has 0 aliphatic carbocycles. The van der Waals surface area contributed by atoms with Crippen molar-refractivity contribution in [3.8, 4) is 22.5 Å². The smallest absolute Gasteiger partial charge is 0.0717 e. The molecular formula is C29H39N3. The van der Waals surface area contributed by atoms with Crippen molar-refractivity contribution in [1.29, 1.82) is 0 Å². The fourth-order valence-electron chi connectivity index (χ4n) is 4.03. The van der Waals surface area contributed by atoms with Crippen LogP contribution in [0.3, 0.4) is 0 Å². The van der Waals surface area contributed by atoms with Gasteiger partial charge in [-0.05, 0) is 61.6 Å². The van der Waals surface area contributed by atoms with Crippen LogP contribution in [0.5, 0.6) is 0 Å². The van der Waals surface area contributed by atoms with E-state index in [9.17, 15) is 0 Å². The Hall–Kier alpha value is -2.55. The van der Waals surface area contributed by atoms with Gasteiger partial charge in [0.15, 0.2) is 0 Å². The third kappa shape index (κ3) is 7.85. The number of nitrogens with zero attached hydrogens (tertiary/aromatic N) is 3. The minimum absolute atomic E-state index is 0.957. The number of hydrogen-bond donors (Lipinski definition) is 0. The van der Waals surface area contributed by atoms with Crippen LogP contribution in [0.4, 0.5) is 0 Å². The molecule has 0 amide bonds. The van der Waals surface area contributed by atoms with Gasteiger partial charge in [0.2, 0.25) is 0 Å². The highest BCUT2D eigenvalue weighted by Crippen LogP contribution is 2.22. The monoisotopic (exact) mass is 429 g/mol. The number of rotatable bonds is 14. The Labute approximate surface area is 194 Å². The van der Waals surface area contributed by atoms with Crippen LogP contribution in [0.1, 0.15) is 89.3 Å². The summed E-state index contributed by atoms with van der Waals surface area (Å²) in [6, 6.07) is 12.8. The lowest BCUT2D eigenvalue weighted by Crippen LogP contribution is -1.93. The highest BCUT2D eigenvalue weighted by molar-refractivity contribution is 5.64. The Morgan fingerprint density at radius 2 is 1.06 bits per heavy atom. The summed E-state index contributed by atoms with van der Waals surface area (Å²) >= 11 is 0. The van der Waals surface area contributed by atoms with E-state index in [4.69, 9.17) is 0 Å². The van der Waals surface area contributed by atoms with Gasteiger partial charge in [-0.25, -0.2) is 0 Å². The number of hydrogen-bond acceptors (Lipinski definition) is 3. The van der Waals surface area contributed by atoms with E-state index in [0.717, 1.165) is 35.4 Å². The Bertz CT molecular complexity index is 883. The number of pyridine rings is 3. The molecule has 0 aromatic carbocycles. The summed E-state index contributed by atoms with van der Waals surface area (Å²) in [5.41, 5.74) is 6.56. The van der Waals surface area contributed by atoms with E-state index < -0.39 is 0 Å². The van der Waals surface area contributed by atoms with Crippen LogP contribution in [-0.2, 0) is 12.8 Å². The second-order valence-electron chi connectivity index (χ2n) is 8.85. The fraction of sp³-hybridized carbons (Fsp3) is 0.483. The molecule has 0 fully saturated rings. The molecule has 0 aliphatic heterocycles. The number of unbranched alkanes of at least 4 members (excludes halogenated alkanes) is 8. The standard InChI is InChI=1S/C29H39N3/c1-3-5-7-9-10-11-13-24-15-19-28(31-21-24)26-17-20-29(32-23-26)25-16-18-27(30-22-25)14-12-8-6-4-2/h15-23H,3-14H2,1-2H3. The molecule has 0 bridgehead atoms. The molecule has 0 saturated heterocycles. The van der Waals surface area contributed by atoms with E-state index in [1.807, 2.05) is 18.6 Å². The lowest BCUT2D eigenvalue weighted by atomic mass is 10.1. The second-order valence-corrected chi connectivity index (χ2v) is 8.85. The molecular weight excluding hydrogens is 390 g/mol. The SMILES string of the molecule is CCCCCCCCc1ccc(-c2ccc(-c3ccc(CCCCCC)nc3)nc2)nc1. The quantitative estimate of drug-likeness (QED) is 0.242. The summed E-state index contributed by atoms with van der Waals surface area (Å²) in [6.45, 7) is 4.51. The molecule has 3 nitrogen and oxygen atoms in total. The third-order valence-corrected chi connectivity index (χ3v) is 6.11. The molecule has 3 heteroatoms. The van der Waals surface area contributed by atoms with Crippen molar-refractivity contribution in [2.45, 2.75) is 90.9 Å². The van der Waals surface area contributed by atoms with Crippen molar-refractivity contribution < 1.29 is 0 Å². The molecule has 3 heterocycles. The molecule has 3 aromatic rings. The minimum Gasteiger partial charge on any atom is -0.261 e. The van der Waals surface area contributed by atoms with Crippen LogP contribution in [0.15, 0.2) is 55.0 Å². The highest BCUT2D eigenvalue weighted by Gasteiger charge is 2.05. The van der Waals surface area contributed by atoms with Crippen molar-refractivity contribution in [3.05, 3.63) is 66.2 Å². The zero-order chi connectivity index (χ0) is 22.4. The van der Waals surface area contributed by atoms with E-state index in [2.05, 4.69) is 65.2 Å². The van der Waals surface area contributed by atoms with Crippen LogP contribution in [0.25, 0.3) is 22.5 Å². The molecule has 32 heavy (non-hydrogen) atoms. The Morgan fingerprint density at radius 3 is 1.66 bits per heavy atom. The van der Waals surface area contributed by atoms with Crippen molar-refractivity contribution in [3.63, 3.8) is 0 Å². The third-order valence-electron chi connectivity index (χ3n) is 6.11. The van der Waals surface area contributed by atoms with Gasteiger partial charge in [-0.1, -0.05) is 71.3 Å². The molecule has 0 aliphatic rings. The van der Waals surface area contributed by atoms with Crippen LogP contribution in [0, 0.1) is 0 Å². The fourth-order valence-corrected chi connectivity index (χ4v) is 4.03. The molecule has 0 atom stereocenters. The van der Waals surface area contributed by atoms with Gasteiger partial charge in [0.25, 0.3) is 0 Å². The maximum absolute atomic E-state index is 4.68. The average molecular weight is 430 g/mol. The molecule has 0 radical (unpaired) electrons. The topological polar surface area (TPSA) is 38.7 Å². The van der Waals surface area contributed by atoms with Crippen molar-refractivity contribution in [1.82, 2.24) is 15.0 Å². The van der Waals surface area contributed by atoms with E-state index >= 15 is 0 Å². The van der Waals surface area contributed by atoms with Gasteiger partial charge in [-0.15, -0.1) is 0 Å². The summed E-state index contributed by atoms with van der Waals surface area (Å²) in [7, 11) is 0. The predicted octanol–water partition coefficient (Wildman–Crippen LogP) is 8.23. The predicted molar refractivity (Wildman–Crippen MR) is 136 cm³/mol. The molecule has 0 saturated carbocycles. The van der Waals surface area contributed by atoms with E-state index in [1.165, 1.54) is 75.5 Å². The second kappa shape index (κ2) is 13.8. The summed E-state index contributed by atoms with van der Waals surface area (Å²) in [6.07, 6.45) is 21.2.